The first kappa shape index (κ1) is 21.7. The van der Waals surface area contributed by atoms with Crippen LogP contribution in [0.1, 0.15) is 6.42 Å². The Morgan fingerprint density at radius 3 is 1.14 bits per heavy atom. The quantitative estimate of drug-likeness (QED) is 0.443. The molecule has 1 rings (SSSR count). The second-order valence-corrected chi connectivity index (χ2v) is 3.66. The molecular formula is C9H14F6N2O4. The van der Waals surface area contributed by atoms with Gasteiger partial charge in [0.15, 0.2) is 0 Å². The summed E-state index contributed by atoms with van der Waals surface area (Å²) in [6, 6.07) is 0. The average molecular weight is 328 g/mol. The van der Waals surface area contributed by atoms with Gasteiger partial charge in [-0.15, -0.1) is 0 Å². The minimum Gasteiger partial charge on any atom is -0.542 e. The van der Waals surface area contributed by atoms with Crippen molar-refractivity contribution in [2.75, 3.05) is 26.2 Å². The highest BCUT2D eigenvalue weighted by Gasteiger charge is 2.29. The Hall–Kier alpha value is -1.56. The van der Waals surface area contributed by atoms with Crippen LogP contribution >= 0.6 is 0 Å². The van der Waals surface area contributed by atoms with Crippen LogP contribution in [0.25, 0.3) is 0 Å². The number of alkyl halides is 6. The molecule has 0 bridgehead atoms. The van der Waals surface area contributed by atoms with E-state index in [1.807, 2.05) is 0 Å². The van der Waals surface area contributed by atoms with Crippen molar-refractivity contribution in [3.8, 4) is 0 Å². The van der Waals surface area contributed by atoms with Gasteiger partial charge in [0.25, 0.3) is 0 Å². The van der Waals surface area contributed by atoms with Gasteiger partial charge in [-0.05, 0) is 0 Å². The van der Waals surface area contributed by atoms with E-state index in [2.05, 4.69) is 10.6 Å². The summed E-state index contributed by atoms with van der Waals surface area (Å²) < 4.78 is 63.1. The van der Waals surface area contributed by atoms with Crippen molar-refractivity contribution in [3.05, 3.63) is 0 Å². The van der Waals surface area contributed by atoms with Gasteiger partial charge >= 0.3 is 12.4 Å². The number of quaternary nitrogens is 2. The normalized spacial score (nSPS) is 15.5. The van der Waals surface area contributed by atoms with Crippen LogP contribution in [0.3, 0.4) is 0 Å². The van der Waals surface area contributed by atoms with Crippen molar-refractivity contribution >= 4 is 11.9 Å². The Bertz CT molecular complexity index is 275. The van der Waals surface area contributed by atoms with Gasteiger partial charge < -0.3 is 30.4 Å². The molecule has 0 spiro atoms. The van der Waals surface area contributed by atoms with E-state index in [1.54, 1.807) is 0 Å². The molecule has 6 nitrogen and oxygen atoms in total. The molecule has 126 valence electrons. The first-order valence-electron chi connectivity index (χ1n) is 5.58. The van der Waals surface area contributed by atoms with Gasteiger partial charge in [0.05, 0.1) is 13.1 Å². The van der Waals surface area contributed by atoms with Gasteiger partial charge in [0, 0.05) is 6.42 Å². The maximum atomic E-state index is 10.5. The van der Waals surface area contributed by atoms with E-state index >= 15 is 0 Å². The minimum atomic E-state index is -5.19. The molecule has 1 saturated heterocycles. The summed E-state index contributed by atoms with van der Waals surface area (Å²) in [5, 5.41) is 22.4. The molecule has 1 fully saturated rings. The maximum absolute atomic E-state index is 10.5. The van der Waals surface area contributed by atoms with Crippen molar-refractivity contribution in [1.29, 1.82) is 0 Å². The van der Waals surface area contributed by atoms with Gasteiger partial charge in [0.2, 0.25) is 0 Å². The molecule has 0 aliphatic carbocycles. The maximum Gasteiger partial charge on any atom is 0.430 e. The van der Waals surface area contributed by atoms with Crippen LogP contribution < -0.4 is 20.8 Å². The summed E-state index contributed by atoms with van der Waals surface area (Å²) in [5.74, 6) is -6.01. The summed E-state index contributed by atoms with van der Waals surface area (Å²) in [7, 11) is 0. The zero-order chi connectivity index (χ0) is 17.1. The molecule has 0 saturated carbocycles. The van der Waals surface area contributed by atoms with Gasteiger partial charge in [-0.2, -0.15) is 26.3 Å². The molecule has 0 aromatic heterocycles. The largest absolute Gasteiger partial charge is 0.542 e. The van der Waals surface area contributed by atoms with Crippen molar-refractivity contribution in [1.82, 2.24) is 0 Å². The smallest absolute Gasteiger partial charge is 0.430 e. The molecule has 0 aromatic rings. The number of hydrogen-bond acceptors (Lipinski definition) is 4. The molecule has 0 atom stereocenters. The van der Waals surface area contributed by atoms with E-state index in [9.17, 15) is 26.3 Å². The fraction of sp³-hybridized carbons (Fsp3) is 0.778. The number of carbonyl (C=O) groups is 2. The third kappa shape index (κ3) is 16.4. The predicted molar refractivity (Wildman–Crippen MR) is 50.1 cm³/mol. The Morgan fingerprint density at radius 1 is 0.714 bits per heavy atom. The van der Waals surface area contributed by atoms with Crippen molar-refractivity contribution in [2.24, 2.45) is 0 Å². The van der Waals surface area contributed by atoms with E-state index in [1.165, 1.54) is 32.6 Å². The molecule has 0 radical (unpaired) electrons. The molecule has 0 amide bonds. The second kappa shape index (κ2) is 10.2. The lowest BCUT2D eigenvalue weighted by molar-refractivity contribution is -0.698. The van der Waals surface area contributed by atoms with Crippen LogP contribution in [0.4, 0.5) is 26.3 Å². The molecular weight excluding hydrogens is 314 g/mol. The Morgan fingerprint density at radius 2 is 0.952 bits per heavy atom. The van der Waals surface area contributed by atoms with Crippen LogP contribution in [0.15, 0.2) is 0 Å². The lowest BCUT2D eigenvalue weighted by atomic mass is 10.4. The number of carboxylic acid groups (broad SMARTS) is 2. The number of hydrogen-bond donors (Lipinski definition) is 2. The van der Waals surface area contributed by atoms with Crippen LogP contribution in [0.5, 0.6) is 0 Å². The number of aliphatic carboxylic acids is 2. The molecule has 0 unspecified atom stereocenters. The molecule has 12 heteroatoms. The predicted octanol–water partition coefficient (Wildman–Crippen LogP) is -3.89. The summed E-state index contributed by atoms with van der Waals surface area (Å²) >= 11 is 0. The number of rotatable bonds is 0. The fourth-order valence-electron chi connectivity index (χ4n) is 0.931. The number of carboxylic acids is 2. The lowest BCUT2D eigenvalue weighted by Gasteiger charge is -2.03. The molecule has 1 aliphatic rings. The summed E-state index contributed by atoms with van der Waals surface area (Å²) in [4.78, 5) is 17.6. The van der Waals surface area contributed by atoms with E-state index in [0.717, 1.165) is 0 Å². The van der Waals surface area contributed by atoms with Crippen LogP contribution in [0.2, 0.25) is 0 Å². The first-order valence-corrected chi connectivity index (χ1v) is 5.58. The van der Waals surface area contributed by atoms with Gasteiger partial charge in [-0.3, -0.25) is 0 Å². The summed E-state index contributed by atoms with van der Waals surface area (Å²) in [5.41, 5.74) is 0. The average Bonchev–Trinajstić information content (AvgIpc) is 2.59. The number of halogens is 6. The molecule has 21 heavy (non-hydrogen) atoms. The van der Waals surface area contributed by atoms with Crippen LogP contribution in [0, 0.1) is 0 Å². The van der Waals surface area contributed by atoms with E-state index in [0.29, 0.717) is 0 Å². The molecule has 0 aromatic carbocycles. The van der Waals surface area contributed by atoms with E-state index < -0.39 is 24.3 Å². The van der Waals surface area contributed by atoms with Crippen LogP contribution in [-0.4, -0.2) is 50.5 Å². The minimum absolute atomic E-state index is 1.32. The van der Waals surface area contributed by atoms with Gasteiger partial charge in [-0.1, -0.05) is 0 Å². The Kier molecular flexibility index (Phi) is 10.6. The van der Waals surface area contributed by atoms with Gasteiger partial charge in [0.1, 0.15) is 25.0 Å². The molecule has 1 heterocycles. The third-order valence-corrected chi connectivity index (χ3v) is 1.85. The van der Waals surface area contributed by atoms with Crippen molar-refractivity contribution < 1.29 is 56.8 Å². The highest BCUT2D eigenvalue weighted by Crippen LogP contribution is 2.12. The summed E-state index contributed by atoms with van der Waals surface area (Å²) in [6.07, 6.45) is -9.00. The lowest BCUT2D eigenvalue weighted by Crippen LogP contribution is -2.91. The molecule has 4 N–H and O–H groups in total. The van der Waals surface area contributed by atoms with E-state index in [-0.39, 0.29) is 0 Å². The topological polar surface area (TPSA) is 113 Å². The number of nitrogens with two attached hydrogens (primary N) is 2. The zero-order valence-electron chi connectivity index (χ0n) is 10.6. The standard InChI is InChI=1S/C5H12N2.2C2HF3O2/c1-2-6-4-5-7-3-1;2*3-2(4,5)1(6)7/h6-7H,1-5H2;2*(H,6,7). The van der Waals surface area contributed by atoms with Crippen molar-refractivity contribution in [3.63, 3.8) is 0 Å². The Labute approximate surface area is 115 Å². The highest BCUT2D eigenvalue weighted by molar-refractivity contribution is 5.71. The van der Waals surface area contributed by atoms with Gasteiger partial charge in [-0.25, -0.2) is 0 Å². The Balaban J connectivity index is 0. The molecule has 1 aliphatic heterocycles. The fourth-order valence-corrected chi connectivity index (χ4v) is 0.931. The third-order valence-electron chi connectivity index (χ3n) is 1.85. The highest BCUT2D eigenvalue weighted by atomic mass is 19.4. The SMILES string of the molecule is C1C[NH2+]CC[NH2+]C1.O=C([O-])C(F)(F)F.O=C([O-])C(F)(F)F. The van der Waals surface area contributed by atoms with Crippen LogP contribution in [-0.2, 0) is 9.59 Å². The number of carbonyl (C=O) groups excluding carboxylic acids is 2. The van der Waals surface area contributed by atoms with E-state index in [4.69, 9.17) is 19.8 Å². The van der Waals surface area contributed by atoms with Crippen molar-refractivity contribution in [2.45, 2.75) is 18.8 Å². The second-order valence-electron chi connectivity index (χ2n) is 3.66. The summed E-state index contributed by atoms with van der Waals surface area (Å²) in [6.45, 7) is 5.33. The monoisotopic (exact) mass is 328 g/mol. The first-order chi connectivity index (χ1) is 9.39. The zero-order valence-corrected chi connectivity index (χ0v) is 10.6.